The maximum absolute atomic E-state index is 12.4. The molecule has 6 heteroatoms. The Bertz CT molecular complexity index is 733. The molecule has 1 fully saturated rings. The predicted octanol–water partition coefficient (Wildman–Crippen LogP) is 4.52. The van der Waals surface area contributed by atoms with Gasteiger partial charge in [0.2, 0.25) is 5.95 Å². The van der Waals surface area contributed by atoms with Gasteiger partial charge in [-0.05, 0) is 51.0 Å². The zero-order valence-corrected chi connectivity index (χ0v) is 16.9. The Labute approximate surface area is 167 Å². The molecule has 1 aliphatic carbocycles. The van der Waals surface area contributed by atoms with Gasteiger partial charge in [0.1, 0.15) is 0 Å². The summed E-state index contributed by atoms with van der Waals surface area (Å²) in [5, 5.41) is 6.32. The number of benzene rings is 1. The van der Waals surface area contributed by atoms with Crippen molar-refractivity contribution >= 4 is 23.2 Å². The van der Waals surface area contributed by atoms with Crippen LogP contribution < -0.4 is 15.5 Å². The maximum Gasteiger partial charge on any atom is 0.254 e. The van der Waals surface area contributed by atoms with Crippen LogP contribution in [0.25, 0.3) is 0 Å². The molecule has 1 amide bonds. The van der Waals surface area contributed by atoms with Crippen LogP contribution in [0.15, 0.2) is 36.7 Å². The fraction of sp³-hybridized carbons (Fsp3) is 0.500. The lowest BCUT2D eigenvalue weighted by atomic mass is 10.1. The van der Waals surface area contributed by atoms with E-state index in [4.69, 9.17) is 0 Å². The van der Waals surface area contributed by atoms with Gasteiger partial charge < -0.3 is 15.5 Å². The summed E-state index contributed by atoms with van der Waals surface area (Å²) in [6.07, 6.45) is 10.2. The summed E-state index contributed by atoms with van der Waals surface area (Å²) in [5.74, 6) is 0.406. The summed E-state index contributed by atoms with van der Waals surface area (Å²) >= 11 is 0. The van der Waals surface area contributed by atoms with Gasteiger partial charge >= 0.3 is 0 Å². The van der Waals surface area contributed by atoms with Crippen LogP contribution in [0.1, 0.15) is 62.7 Å². The first-order valence-corrected chi connectivity index (χ1v) is 10.4. The second-order valence-electron chi connectivity index (χ2n) is 7.30. The van der Waals surface area contributed by atoms with Gasteiger partial charge in [0, 0.05) is 42.9 Å². The minimum absolute atomic E-state index is 0.0815. The third-order valence-electron chi connectivity index (χ3n) is 5.36. The fourth-order valence-electron chi connectivity index (χ4n) is 3.68. The van der Waals surface area contributed by atoms with Crippen LogP contribution in [0, 0.1) is 0 Å². The monoisotopic (exact) mass is 381 g/mol. The Morgan fingerprint density at radius 2 is 1.61 bits per heavy atom. The van der Waals surface area contributed by atoms with Gasteiger partial charge in [-0.15, -0.1) is 0 Å². The highest BCUT2D eigenvalue weighted by atomic mass is 16.1. The van der Waals surface area contributed by atoms with Gasteiger partial charge in [-0.1, -0.05) is 25.7 Å². The first-order valence-electron chi connectivity index (χ1n) is 10.4. The van der Waals surface area contributed by atoms with E-state index >= 15 is 0 Å². The first-order chi connectivity index (χ1) is 13.7. The molecular weight excluding hydrogens is 350 g/mol. The van der Waals surface area contributed by atoms with E-state index in [1.54, 1.807) is 12.4 Å². The van der Waals surface area contributed by atoms with E-state index in [1.807, 2.05) is 12.1 Å². The SMILES string of the molecule is CCN(CC)c1ccc(Nc2ncc(C(=O)NC3CCCCCC3)cn2)cc1. The number of rotatable bonds is 7. The van der Waals surface area contributed by atoms with Crippen molar-refractivity contribution in [1.82, 2.24) is 15.3 Å². The lowest BCUT2D eigenvalue weighted by Gasteiger charge is -2.21. The topological polar surface area (TPSA) is 70.2 Å². The summed E-state index contributed by atoms with van der Waals surface area (Å²) in [6, 6.07) is 8.48. The number of nitrogens with zero attached hydrogens (tertiary/aromatic N) is 3. The molecule has 1 aromatic heterocycles. The molecular formula is C22H31N5O. The maximum atomic E-state index is 12.4. The van der Waals surface area contributed by atoms with Crippen molar-refractivity contribution in [1.29, 1.82) is 0 Å². The normalized spacial score (nSPS) is 14.9. The molecule has 6 nitrogen and oxygen atoms in total. The quantitative estimate of drug-likeness (QED) is 0.690. The Morgan fingerprint density at radius 1 is 1.00 bits per heavy atom. The van der Waals surface area contributed by atoms with Crippen LogP contribution >= 0.6 is 0 Å². The molecule has 0 saturated heterocycles. The Kier molecular flexibility index (Phi) is 7.23. The molecule has 1 saturated carbocycles. The Balaban J connectivity index is 1.57. The molecule has 2 N–H and O–H groups in total. The van der Waals surface area contributed by atoms with Crippen molar-refractivity contribution in [3.63, 3.8) is 0 Å². The Hall–Kier alpha value is -2.63. The third-order valence-corrected chi connectivity index (χ3v) is 5.36. The van der Waals surface area contributed by atoms with Gasteiger partial charge in [0.25, 0.3) is 5.91 Å². The van der Waals surface area contributed by atoms with Crippen LogP contribution in [0.5, 0.6) is 0 Å². The van der Waals surface area contributed by atoms with Gasteiger partial charge in [-0.2, -0.15) is 0 Å². The largest absolute Gasteiger partial charge is 0.372 e. The highest BCUT2D eigenvalue weighted by molar-refractivity contribution is 5.93. The molecule has 0 atom stereocenters. The van der Waals surface area contributed by atoms with E-state index < -0.39 is 0 Å². The van der Waals surface area contributed by atoms with Crippen molar-refractivity contribution in [2.24, 2.45) is 0 Å². The molecule has 28 heavy (non-hydrogen) atoms. The summed E-state index contributed by atoms with van der Waals surface area (Å²) < 4.78 is 0. The van der Waals surface area contributed by atoms with Crippen molar-refractivity contribution in [3.05, 3.63) is 42.2 Å². The van der Waals surface area contributed by atoms with Crippen LogP contribution in [0.3, 0.4) is 0 Å². The van der Waals surface area contributed by atoms with Crippen LogP contribution in [0.2, 0.25) is 0 Å². The summed E-state index contributed by atoms with van der Waals surface area (Å²) in [7, 11) is 0. The van der Waals surface area contributed by atoms with E-state index in [0.717, 1.165) is 31.6 Å². The predicted molar refractivity (Wildman–Crippen MR) is 114 cm³/mol. The highest BCUT2D eigenvalue weighted by Gasteiger charge is 2.16. The van der Waals surface area contributed by atoms with Crippen molar-refractivity contribution in [2.75, 3.05) is 23.3 Å². The van der Waals surface area contributed by atoms with E-state index in [1.165, 1.54) is 31.4 Å². The minimum Gasteiger partial charge on any atom is -0.372 e. The minimum atomic E-state index is -0.0815. The molecule has 2 aromatic rings. The molecule has 1 aliphatic rings. The lowest BCUT2D eigenvalue weighted by Crippen LogP contribution is -2.34. The number of amides is 1. The fourth-order valence-corrected chi connectivity index (χ4v) is 3.68. The second-order valence-corrected chi connectivity index (χ2v) is 7.30. The Morgan fingerprint density at radius 3 is 2.18 bits per heavy atom. The highest BCUT2D eigenvalue weighted by Crippen LogP contribution is 2.20. The summed E-state index contributed by atoms with van der Waals surface area (Å²) in [5.41, 5.74) is 2.63. The van der Waals surface area contributed by atoms with E-state index in [-0.39, 0.29) is 11.9 Å². The number of carbonyl (C=O) groups is 1. The standard InChI is InChI=1S/C22H31N5O/c1-3-27(4-2)20-13-11-19(12-14-20)26-22-23-15-17(16-24-22)21(28)25-18-9-7-5-6-8-10-18/h11-16,18H,3-10H2,1-2H3,(H,25,28)(H,23,24,26). The number of carbonyl (C=O) groups excluding carboxylic acids is 1. The molecule has 1 aromatic carbocycles. The average Bonchev–Trinajstić information content (AvgIpc) is 2.99. The zero-order chi connectivity index (χ0) is 19.8. The lowest BCUT2D eigenvalue weighted by molar-refractivity contribution is 0.0932. The van der Waals surface area contributed by atoms with Gasteiger partial charge in [-0.25, -0.2) is 9.97 Å². The van der Waals surface area contributed by atoms with Gasteiger partial charge in [0.05, 0.1) is 5.56 Å². The van der Waals surface area contributed by atoms with E-state index in [0.29, 0.717) is 11.5 Å². The first kappa shape index (κ1) is 20.1. The van der Waals surface area contributed by atoms with Crippen LogP contribution in [0.4, 0.5) is 17.3 Å². The number of anilines is 3. The van der Waals surface area contributed by atoms with Gasteiger partial charge in [0.15, 0.2) is 0 Å². The molecule has 0 spiro atoms. The van der Waals surface area contributed by atoms with E-state index in [2.05, 4.69) is 51.5 Å². The van der Waals surface area contributed by atoms with Crippen LogP contribution in [-0.2, 0) is 0 Å². The van der Waals surface area contributed by atoms with E-state index in [9.17, 15) is 4.79 Å². The second kappa shape index (κ2) is 10.1. The molecule has 0 aliphatic heterocycles. The average molecular weight is 382 g/mol. The summed E-state index contributed by atoms with van der Waals surface area (Å²) in [6.45, 7) is 6.27. The van der Waals surface area contributed by atoms with Crippen molar-refractivity contribution in [3.8, 4) is 0 Å². The third kappa shape index (κ3) is 5.44. The molecule has 0 unspecified atom stereocenters. The molecule has 150 valence electrons. The molecule has 0 bridgehead atoms. The molecule has 1 heterocycles. The van der Waals surface area contributed by atoms with Crippen LogP contribution in [-0.4, -0.2) is 35.0 Å². The molecule has 3 rings (SSSR count). The number of nitrogens with one attached hydrogen (secondary N) is 2. The van der Waals surface area contributed by atoms with Crippen molar-refractivity contribution < 1.29 is 4.79 Å². The summed E-state index contributed by atoms with van der Waals surface area (Å²) in [4.78, 5) is 23.3. The number of hydrogen-bond donors (Lipinski definition) is 2. The smallest absolute Gasteiger partial charge is 0.254 e. The number of aromatic nitrogens is 2. The molecule has 0 radical (unpaired) electrons. The zero-order valence-electron chi connectivity index (χ0n) is 16.9. The van der Waals surface area contributed by atoms with Crippen molar-refractivity contribution in [2.45, 2.75) is 58.4 Å². The number of hydrogen-bond acceptors (Lipinski definition) is 5. The van der Waals surface area contributed by atoms with Gasteiger partial charge in [-0.3, -0.25) is 4.79 Å².